The molecule has 0 spiro atoms. The summed E-state index contributed by atoms with van der Waals surface area (Å²) in [5.74, 6) is 4.56. The van der Waals surface area contributed by atoms with Crippen LogP contribution in [0.25, 0.3) is 0 Å². The highest BCUT2D eigenvalue weighted by Crippen LogP contribution is 2.60. The van der Waals surface area contributed by atoms with Crippen molar-refractivity contribution < 1.29 is 0 Å². The minimum atomic E-state index is -0.333. The van der Waals surface area contributed by atoms with E-state index in [-0.39, 0.29) is 5.69 Å². The first-order chi connectivity index (χ1) is 8.70. The van der Waals surface area contributed by atoms with Crippen molar-refractivity contribution in [3.8, 4) is 0 Å². The summed E-state index contributed by atoms with van der Waals surface area (Å²) in [5.41, 5.74) is 6.77. The second kappa shape index (κ2) is 3.59. The zero-order valence-electron chi connectivity index (χ0n) is 10.4. The first kappa shape index (κ1) is 10.6. The van der Waals surface area contributed by atoms with Crippen molar-refractivity contribution in [2.75, 3.05) is 5.73 Å². The molecule has 0 aromatic carbocycles. The van der Waals surface area contributed by atoms with Crippen LogP contribution in [0, 0.1) is 23.7 Å². The maximum absolute atomic E-state index is 11.2. The number of H-pyrrole nitrogens is 1. The second-order valence-corrected chi connectivity index (χ2v) is 6.51. The Kier molecular flexibility index (Phi) is 2.11. The normalized spacial score (nSPS) is 41.2. The largest absolute Gasteiger partial charge is 0.385 e. The van der Waals surface area contributed by atoms with Gasteiger partial charge in [-0.05, 0) is 61.7 Å². The van der Waals surface area contributed by atoms with E-state index in [1.165, 1.54) is 32.1 Å². The number of nitrogens with two attached hydrogens (primary N) is 1. The molecule has 0 radical (unpaired) electrons. The number of nitrogens with zero attached hydrogens (tertiary/aromatic N) is 1. The lowest BCUT2D eigenvalue weighted by Gasteiger charge is -2.54. The molecule has 1 aromatic heterocycles. The van der Waals surface area contributed by atoms with Crippen LogP contribution in [0.15, 0.2) is 11.0 Å². The third-order valence-electron chi connectivity index (χ3n) is 5.46. The quantitative estimate of drug-likeness (QED) is 0.793. The second-order valence-electron chi connectivity index (χ2n) is 6.51. The third-order valence-corrected chi connectivity index (χ3v) is 5.46. The lowest BCUT2D eigenvalue weighted by molar-refractivity contribution is -0.00275. The molecular weight excluding hydrogens is 226 g/mol. The van der Waals surface area contributed by atoms with Crippen LogP contribution in [-0.2, 0) is 0 Å². The number of nitrogen functional groups attached to an aromatic ring is 1. The Hall–Kier alpha value is -1.32. The van der Waals surface area contributed by atoms with E-state index in [9.17, 15) is 4.79 Å². The number of anilines is 1. The maximum atomic E-state index is 11.2. The smallest absolute Gasteiger partial charge is 0.346 e. The van der Waals surface area contributed by atoms with Crippen LogP contribution in [0.5, 0.6) is 0 Å². The van der Waals surface area contributed by atoms with E-state index in [1.807, 2.05) is 0 Å². The van der Waals surface area contributed by atoms with Crippen LogP contribution >= 0.6 is 0 Å². The van der Waals surface area contributed by atoms with E-state index in [2.05, 4.69) is 9.97 Å². The summed E-state index contributed by atoms with van der Waals surface area (Å²) in [6, 6.07) is 0. The molecule has 5 rings (SSSR count). The minimum Gasteiger partial charge on any atom is -0.385 e. The van der Waals surface area contributed by atoms with Gasteiger partial charge in [-0.3, -0.25) is 4.98 Å². The molecule has 0 unspecified atom stereocenters. The number of hydrogen-bond acceptors (Lipinski definition) is 3. The molecule has 1 heterocycles. The molecule has 4 saturated carbocycles. The first-order valence-electron chi connectivity index (χ1n) is 7.05. The van der Waals surface area contributed by atoms with Crippen molar-refractivity contribution in [3.05, 3.63) is 22.2 Å². The van der Waals surface area contributed by atoms with Crippen molar-refractivity contribution in [1.82, 2.24) is 9.97 Å². The molecule has 0 atom stereocenters. The van der Waals surface area contributed by atoms with Crippen molar-refractivity contribution in [3.63, 3.8) is 0 Å². The van der Waals surface area contributed by atoms with Crippen LogP contribution in [0.3, 0.4) is 0 Å². The molecule has 4 bridgehead atoms. The van der Waals surface area contributed by atoms with Crippen LogP contribution < -0.4 is 11.4 Å². The van der Waals surface area contributed by atoms with Crippen LogP contribution in [0.4, 0.5) is 5.82 Å². The van der Waals surface area contributed by atoms with E-state index >= 15 is 0 Å². The molecule has 0 aliphatic heterocycles. The molecule has 4 fully saturated rings. The predicted molar refractivity (Wildman–Crippen MR) is 69.1 cm³/mol. The Morgan fingerprint density at radius 3 is 2.28 bits per heavy atom. The highest BCUT2D eigenvalue weighted by atomic mass is 16.1. The van der Waals surface area contributed by atoms with Gasteiger partial charge in [0.1, 0.15) is 5.82 Å². The van der Waals surface area contributed by atoms with Gasteiger partial charge in [0.2, 0.25) is 0 Å². The van der Waals surface area contributed by atoms with Crippen molar-refractivity contribution in [1.29, 1.82) is 0 Å². The Morgan fingerprint density at radius 2 is 1.72 bits per heavy atom. The molecule has 4 heteroatoms. The molecule has 4 aliphatic rings. The molecule has 0 saturated heterocycles. The molecule has 0 amide bonds. The van der Waals surface area contributed by atoms with E-state index in [1.54, 1.807) is 6.20 Å². The molecule has 18 heavy (non-hydrogen) atoms. The summed E-state index contributed by atoms with van der Waals surface area (Å²) in [6.07, 6.45) is 8.61. The van der Waals surface area contributed by atoms with Gasteiger partial charge >= 0.3 is 5.69 Å². The maximum Gasteiger partial charge on any atom is 0.346 e. The number of aromatic amines is 1. The van der Waals surface area contributed by atoms with E-state index < -0.39 is 0 Å². The Balaban J connectivity index is 1.74. The summed E-state index contributed by atoms with van der Waals surface area (Å²) in [5, 5.41) is 0. The minimum absolute atomic E-state index is 0.333. The van der Waals surface area contributed by atoms with Gasteiger partial charge in [0.15, 0.2) is 0 Å². The van der Waals surface area contributed by atoms with Gasteiger partial charge in [-0.2, -0.15) is 0 Å². The first-order valence-corrected chi connectivity index (χ1v) is 7.05. The number of nitrogens with one attached hydrogen (secondary N) is 1. The lowest BCUT2D eigenvalue weighted by atomic mass is 9.51. The van der Waals surface area contributed by atoms with E-state index in [0.717, 1.165) is 29.2 Å². The fourth-order valence-corrected chi connectivity index (χ4v) is 5.12. The van der Waals surface area contributed by atoms with Crippen LogP contribution in [0.2, 0.25) is 0 Å². The average Bonchev–Trinajstić information content (AvgIpc) is 2.30. The SMILES string of the molecule is Nc1[nH]c(=O)ncc1C1C2CC3CC(C2)CC1C3. The summed E-state index contributed by atoms with van der Waals surface area (Å²) in [4.78, 5) is 17.7. The lowest BCUT2D eigenvalue weighted by Crippen LogP contribution is -2.44. The monoisotopic (exact) mass is 245 g/mol. The fraction of sp³-hybridized carbons (Fsp3) is 0.714. The standard InChI is InChI=1S/C14H19N3O/c15-13-11(6-16-14(18)17-13)12-9-2-7-1-8(4-9)5-10(12)3-7/h6-10,12H,1-5H2,(H3,15,16,17,18). The molecule has 3 N–H and O–H groups in total. The molecule has 4 nitrogen and oxygen atoms in total. The van der Waals surface area contributed by atoms with Gasteiger partial charge in [0.05, 0.1) is 0 Å². The predicted octanol–water partition coefficient (Wildman–Crippen LogP) is 1.89. The van der Waals surface area contributed by atoms with Crippen LogP contribution in [0.1, 0.15) is 43.6 Å². The third kappa shape index (κ3) is 1.44. The highest BCUT2D eigenvalue weighted by molar-refractivity contribution is 5.41. The van der Waals surface area contributed by atoms with Crippen molar-refractivity contribution in [2.24, 2.45) is 23.7 Å². The topological polar surface area (TPSA) is 71.8 Å². The summed E-state index contributed by atoms with van der Waals surface area (Å²) in [7, 11) is 0. The van der Waals surface area contributed by atoms with Gasteiger partial charge in [-0.15, -0.1) is 0 Å². The Morgan fingerprint density at radius 1 is 1.11 bits per heavy atom. The van der Waals surface area contributed by atoms with E-state index in [0.29, 0.717) is 11.7 Å². The van der Waals surface area contributed by atoms with Gasteiger partial charge in [-0.25, -0.2) is 9.78 Å². The Bertz CT molecular complexity index is 508. The van der Waals surface area contributed by atoms with Gasteiger partial charge in [-0.1, -0.05) is 0 Å². The zero-order valence-corrected chi connectivity index (χ0v) is 10.4. The summed E-state index contributed by atoms with van der Waals surface area (Å²) >= 11 is 0. The molecule has 4 aliphatic carbocycles. The van der Waals surface area contributed by atoms with Crippen molar-refractivity contribution >= 4 is 5.82 Å². The molecule has 1 aromatic rings. The molecular formula is C14H19N3O. The molecule has 96 valence electrons. The van der Waals surface area contributed by atoms with Crippen LogP contribution in [-0.4, -0.2) is 9.97 Å². The Labute approximate surface area is 106 Å². The van der Waals surface area contributed by atoms with Crippen molar-refractivity contribution in [2.45, 2.75) is 38.0 Å². The van der Waals surface area contributed by atoms with Gasteiger partial charge < -0.3 is 5.73 Å². The zero-order chi connectivity index (χ0) is 12.3. The number of rotatable bonds is 1. The number of hydrogen-bond donors (Lipinski definition) is 2. The summed E-state index contributed by atoms with van der Waals surface area (Å²) < 4.78 is 0. The average molecular weight is 245 g/mol. The van der Waals surface area contributed by atoms with E-state index in [4.69, 9.17) is 5.73 Å². The fourth-order valence-electron chi connectivity index (χ4n) is 5.12. The number of aromatic nitrogens is 2. The van der Waals surface area contributed by atoms with Gasteiger partial charge in [0.25, 0.3) is 0 Å². The summed E-state index contributed by atoms with van der Waals surface area (Å²) in [6.45, 7) is 0. The highest BCUT2D eigenvalue weighted by Gasteiger charge is 2.49. The van der Waals surface area contributed by atoms with Gasteiger partial charge in [0, 0.05) is 11.8 Å².